The first kappa shape index (κ1) is 17.9. The fourth-order valence-corrected chi connectivity index (χ4v) is 3.56. The van der Waals surface area contributed by atoms with E-state index in [1.165, 1.54) is 18.6 Å². The predicted molar refractivity (Wildman–Crippen MR) is 91.3 cm³/mol. The Hall–Kier alpha value is -1.40. The van der Waals surface area contributed by atoms with Crippen LogP contribution >= 0.6 is 0 Å². The van der Waals surface area contributed by atoms with Crippen molar-refractivity contribution >= 4 is 15.7 Å². The average Bonchev–Trinajstić information content (AvgIpc) is 2.52. The number of benzene rings is 1. The summed E-state index contributed by atoms with van der Waals surface area (Å²) in [6.07, 6.45) is 3.46. The second kappa shape index (κ2) is 7.45. The van der Waals surface area contributed by atoms with Gasteiger partial charge in [-0.2, -0.15) is 0 Å². The molecule has 1 atom stereocenters. The molecule has 6 heteroatoms. The highest BCUT2D eigenvalue weighted by molar-refractivity contribution is 7.90. The van der Waals surface area contributed by atoms with Crippen molar-refractivity contribution in [3.8, 4) is 0 Å². The molecule has 0 aliphatic carbocycles. The number of nitrogens with one attached hydrogen (secondary N) is 1. The molecular weight excluding hydrogens is 312 g/mol. The molecule has 1 amide bonds. The van der Waals surface area contributed by atoms with Crippen LogP contribution in [0.2, 0.25) is 0 Å². The second-order valence-corrected chi connectivity index (χ2v) is 8.62. The van der Waals surface area contributed by atoms with Crippen LogP contribution in [0.1, 0.15) is 37.0 Å². The number of sulfone groups is 1. The molecule has 0 aromatic heterocycles. The molecule has 1 aromatic carbocycles. The maximum atomic E-state index is 12.2. The van der Waals surface area contributed by atoms with E-state index in [-0.39, 0.29) is 10.8 Å². The van der Waals surface area contributed by atoms with E-state index in [4.69, 9.17) is 0 Å². The van der Waals surface area contributed by atoms with E-state index in [9.17, 15) is 13.2 Å². The lowest BCUT2D eigenvalue weighted by Gasteiger charge is -2.35. The van der Waals surface area contributed by atoms with Crippen molar-refractivity contribution in [2.75, 3.05) is 25.9 Å². The van der Waals surface area contributed by atoms with E-state index in [0.717, 1.165) is 25.8 Å². The number of carbonyl (C=O) groups excluding carboxylic acids is 1. The van der Waals surface area contributed by atoms with Gasteiger partial charge in [-0.1, -0.05) is 0 Å². The van der Waals surface area contributed by atoms with Crippen molar-refractivity contribution in [3.63, 3.8) is 0 Å². The largest absolute Gasteiger partial charge is 0.352 e. The SMILES string of the molecule is CC(C)N1CCC[C@@H](CNC(=O)c2ccc(S(C)(=O)=O)cc2)C1. The minimum absolute atomic E-state index is 0.147. The minimum Gasteiger partial charge on any atom is -0.352 e. The topological polar surface area (TPSA) is 66.5 Å². The van der Waals surface area contributed by atoms with Crippen molar-refractivity contribution in [3.05, 3.63) is 29.8 Å². The molecule has 0 unspecified atom stereocenters. The molecule has 1 aliphatic rings. The average molecular weight is 338 g/mol. The first-order valence-electron chi connectivity index (χ1n) is 8.09. The summed E-state index contributed by atoms with van der Waals surface area (Å²) in [5.74, 6) is 0.331. The van der Waals surface area contributed by atoms with Gasteiger partial charge >= 0.3 is 0 Å². The van der Waals surface area contributed by atoms with Gasteiger partial charge in [0.25, 0.3) is 5.91 Å². The van der Waals surface area contributed by atoms with Gasteiger partial charge in [-0.05, 0) is 63.4 Å². The highest BCUT2D eigenvalue weighted by atomic mass is 32.2. The molecule has 1 aromatic rings. The van der Waals surface area contributed by atoms with Crippen LogP contribution in [0.15, 0.2) is 29.2 Å². The first-order valence-corrected chi connectivity index (χ1v) is 9.99. The van der Waals surface area contributed by atoms with Crippen molar-refractivity contribution < 1.29 is 13.2 Å². The Morgan fingerprint density at radius 3 is 2.52 bits per heavy atom. The van der Waals surface area contributed by atoms with Crippen LogP contribution in [0.4, 0.5) is 0 Å². The highest BCUT2D eigenvalue weighted by Gasteiger charge is 2.22. The van der Waals surface area contributed by atoms with Gasteiger partial charge in [-0.15, -0.1) is 0 Å². The number of piperidine rings is 1. The van der Waals surface area contributed by atoms with Gasteiger partial charge in [0.05, 0.1) is 4.90 Å². The second-order valence-electron chi connectivity index (χ2n) is 6.60. The molecule has 1 heterocycles. The maximum Gasteiger partial charge on any atom is 0.251 e. The quantitative estimate of drug-likeness (QED) is 0.891. The van der Waals surface area contributed by atoms with E-state index in [1.807, 2.05) is 0 Å². The van der Waals surface area contributed by atoms with Crippen LogP contribution in [-0.2, 0) is 9.84 Å². The molecular formula is C17H26N2O3S. The third kappa shape index (κ3) is 5.04. The normalized spacial score (nSPS) is 19.7. The van der Waals surface area contributed by atoms with Crippen molar-refractivity contribution in [2.45, 2.75) is 37.6 Å². The van der Waals surface area contributed by atoms with Crippen molar-refractivity contribution in [2.24, 2.45) is 5.92 Å². The number of likely N-dealkylation sites (tertiary alicyclic amines) is 1. The minimum atomic E-state index is -3.23. The molecule has 1 fully saturated rings. The number of amides is 1. The third-order valence-corrected chi connectivity index (χ3v) is 5.51. The molecule has 1 N–H and O–H groups in total. The summed E-state index contributed by atoms with van der Waals surface area (Å²) in [5.41, 5.74) is 0.494. The van der Waals surface area contributed by atoms with Crippen LogP contribution in [0.3, 0.4) is 0 Å². The van der Waals surface area contributed by atoms with Crippen LogP contribution in [0.25, 0.3) is 0 Å². The summed E-state index contributed by atoms with van der Waals surface area (Å²) in [6, 6.07) is 6.62. The molecule has 0 radical (unpaired) electrons. The van der Waals surface area contributed by atoms with Gasteiger partial charge in [-0.3, -0.25) is 4.79 Å². The Labute approximate surface area is 139 Å². The molecule has 0 spiro atoms. The summed E-state index contributed by atoms with van der Waals surface area (Å²) in [4.78, 5) is 14.9. The molecule has 128 valence electrons. The zero-order chi connectivity index (χ0) is 17.0. The number of hydrogen-bond acceptors (Lipinski definition) is 4. The number of hydrogen-bond donors (Lipinski definition) is 1. The van der Waals surface area contributed by atoms with Gasteiger partial charge in [-0.25, -0.2) is 8.42 Å². The Balaban J connectivity index is 1.89. The Bertz CT molecular complexity index is 638. The van der Waals surface area contributed by atoms with Crippen LogP contribution in [0, 0.1) is 5.92 Å². The Morgan fingerprint density at radius 2 is 1.96 bits per heavy atom. The smallest absolute Gasteiger partial charge is 0.251 e. The molecule has 1 aliphatic heterocycles. The third-order valence-electron chi connectivity index (χ3n) is 4.38. The van der Waals surface area contributed by atoms with Gasteiger partial charge in [0.1, 0.15) is 0 Å². The molecule has 23 heavy (non-hydrogen) atoms. The lowest BCUT2D eigenvalue weighted by molar-refractivity contribution is 0.0922. The van der Waals surface area contributed by atoms with Crippen LogP contribution in [0.5, 0.6) is 0 Å². The van der Waals surface area contributed by atoms with Gasteiger partial charge in [0.2, 0.25) is 0 Å². The summed E-state index contributed by atoms with van der Waals surface area (Å²) >= 11 is 0. The van der Waals surface area contributed by atoms with E-state index < -0.39 is 9.84 Å². The summed E-state index contributed by atoms with van der Waals surface area (Å²) < 4.78 is 22.9. The maximum absolute atomic E-state index is 12.2. The lowest BCUT2D eigenvalue weighted by Crippen LogP contribution is -2.43. The summed E-state index contributed by atoms with van der Waals surface area (Å²) in [7, 11) is -3.23. The van der Waals surface area contributed by atoms with Crippen LogP contribution < -0.4 is 5.32 Å². The highest BCUT2D eigenvalue weighted by Crippen LogP contribution is 2.18. The van der Waals surface area contributed by atoms with E-state index in [1.54, 1.807) is 12.1 Å². The molecule has 1 saturated heterocycles. The van der Waals surface area contributed by atoms with Gasteiger partial charge in [0, 0.05) is 31.0 Å². The zero-order valence-electron chi connectivity index (χ0n) is 14.1. The van der Waals surface area contributed by atoms with Crippen molar-refractivity contribution in [1.82, 2.24) is 10.2 Å². The van der Waals surface area contributed by atoms with Gasteiger partial charge < -0.3 is 10.2 Å². The van der Waals surface area contributed by atoms with E-state index in [0.29, 0.717) is 24.1 Å². The van der Waals surface area contributed by atoms with Crippen LogP contribution in [-0.4, -0.2) is 51.2 Å². The lowest BCUT2D eigenvalue weighted by atomic mass is 9.97. The molecule has 0 saturated carbocycles. The Morgan fingerprint density at radius 1 is 1.30 bits per heavy atom. The number of nitrogens with zero attached hydrogens (tertiary/aromatic N) is 1. The van der Waals surface area contributed by atoms with E-state index >= 15 is 0 Å². The van der Waals surface area contributed by atoms with Crippen molar-refractivity contribution in [1.29, 1.82) is 0 Å². The van der Waals surface area contributed by atoms with Gasteiger partial charge in [0.15, 0.2) is 9.84 Å². The summed E-state index contributed by atoms with van der Waals surface area (Å²) in [5, 5.41) is 2.97. The Kier molecular flexibility index (Phi) is 5.81. The predicted octanol–water partition coefficient (Wildman–Crippen LogP) is 1.94. The van der Waals surface area contributed by atoms with E-state index in [2.05, 4.69) is 24.1 Å². The molecule has 5 nitrogen and oxygen atoms in total. The number of carbonyl (C=O) groups is 1. The fourth-order valence-electron chi connectivity index (χ4n) is 2.93. The molecule has 2 rings (SSSR count). The first-order chi connectivity index (χ1) is 10.8. The fraction of sp³-hybridized carbons (Fsp3) is 0.588. The standard InChI is InChI=1S/C17H26N2O3S/c1-13(2)19-10-4-5-14(12-19)11-18-17(20)15-6-8-16(9-7-15)23(3,21)22/h6-9,13-14H,4-5,10-12H2,1-3H3,(H,18,20)/t14-/m0/s1. The number of rotatable bonds is 5. The summed E-state index contributed by atoms with van der Waals surface area (Å²) in [6.45, 7) is 7.21. The molecule has 0 bridgehead atoms. The monoisotopic (exact) mass is 338 g/mol. The zero-order valence-corrected chi connectivity index (χ0v) is 14.9.